The smallest absolute Gasteiger partial charge is 0.178 e. The van der Waals surface area contributed by atoms with Crippen molar-refractivity contribution in [3.8, 4) is 5.75 Å². The third-order valence-electron chi connectivity index (χ3n) is 3.13. The largest absolute Gasteiger partial charge is 0.491 e. The Morgan fingerprint density at radius 2 is 1.33 bits per heavy atom. The van der Waals surface area contributed by atoms with Gasteiger partial charge < -0.3 is 9.16 Å². The lowest BCUT2D eigenvalue weighted by Crippen LogP contribution is -2.30. The van der Waals surface area contributed by atoms with E-state index in [0.717, 1.165) is 5.75 Å². The maximum atomic E-state index is 6.23. The SMILES string of the molecule is CC(C)(C)C[SiH](CC(C)(C)C)OCCOc1ccccc1. The molecule has 2 nitrogen and oxygen atoms in total. The van der Waals surface area contributed by atoms with Crippen molar-refractivity contribution in [1.29, 1.82) is 0 Å². The lowest BCUT2D eigenvalue weighted by molar-refractivity contribution is 0.208. The van der Waals surface area contributed by atoms with Crippen LogP contribution in [0.4, 0.5) is 0 Å². The first-order valence-corrected chi connectivity index (χ1v) is 10.1. The van der Waals surface area contributed by atoms with Crippen LogP contribution in [0.15, 0.2) is 30.3 Å². The number of hydrogen-bond acceptors (Lipinski definition) is 2. The number of para-hydroxylation sites is 1. The minimum absolute atomic E-state index is 0.350. The molecule has 0 radical (unpaired) electrons. The van der Waals surface area contributed by atoms with Crippen LogP contribution >= 0.6 is 0 Å². The van der Waals surface area contributed by atoms with Crippen LogP contribution in [-0.4, -0.2) is 22.3 Å². The Morgan fingerprint density at radius 1 is 0.810 bits per heavy atom. The van der Waals surface area contributed by atoms with Gasteiger partial charge in [0.15, 0.2) is 9.04 Å². The summed E-state index contributed by atoms with van der Waals surface area (Å²) in [6.07, 6.45) is 0. The molecule has 0 atom stereocenters. The molecule has 120 valence electrons. The van der Waals surface area contributed by atoms with Gasteiger partial charge in [-0.1, -0.05) is 59.7 Å². The third kappa shape index (κ3) is 9.70. The van der Waals surface area contributed by atoms with E-state index < -0.39 is 9.04 Å². The van der Waals surface area contributed by atoms with Crippen LogP contribution in [0.2, 0.25) is 12.1 Å². The first-order valence-electron chi connectivity index (χ1n) is 7.95. The van der Waals surface area contributed by atoms with Gasteiger partial charge in [-0.15, -0.1) is 0 Å². The predicted molar refractivity (Wildman–Crippen MR) is 93.6 cm³/mol. The molecule has 0 N–H and O–H groups in total. The normalized spacial score (nSPS) is 12.7. The van der Waals surface area contributed by atoms with Gasteiger partial charge in [0.2, 0.25) is 0 Å². The molecular weight excluding hydrogens is 276 g/mol. The lowest BCUT2D eigenvalue weighted by Gasteiger charge is -2.29. The number of rotatable bonds is 7. The van der Waals surface area contributed by atoms with Crippen molar-refractivity contribution in [2.45, 2.75) is 53.6 Å². The molecule has 3 heteroatoms. The molecule has 0 spiro atoms. The zero-order chi connectivity index (χ0) is 15.9. The summed E-state index contributed by atoms with van der Waals surface area (Å²) in [5, 5.41) is 0. The van der Waals surface area contributed by atoms with Crippen molar-refractivity contribution < 1.29 is 9.16 Å². The van der Waals surface area contributed by atoms with E-state index in [1.165, 1.54) is 12.1 Å². The average Bonchev–Trinajstić information content (AvgIpc) is 2.32. The summed E-state index contributed by atoms with van der Waals surface area (Å²) >= 11 is 0. The van der Waals surface area contributed by atoms with Crippen LogP contribution in [0.5, 0.6) is 5.75 Å². The summed E-state index contributed by atoms with van der Waals surface area (Å²) < 4.78 is 11.9. The van der Waals surface area contributed by atoms with E-state index >= 15 is 0 Å². The molecule has 0 unspecified atom stereocenters. The molecule has 0 aliphatic rings. The second-order valence-electron chi connectivity index (χ2n) is 8.18. The Bertz CT molecular complexity index is 374. The van der Waals surface area contributed by atoms with Gasteiger partial charge in [-0.25, -0.2) is 0 Å². The van der Waals surface area contributed by atoms with Crippen molar-refractivity contribution in [3.05, 3.63) is 30.3 Å². The van der Waals surface area contributed by atoms with Crippen molar-refractivity contribution in [3.63, 3.8) is 0 Å². The van der Waals surface area contributed by atoms with Crippen LogP contribution in [-0.2, 0) is 4.43 Å². The van der Waals surface area contributed by atoms with E-state index in [4.69, 9.17) is 9.16 Å². The topological polar surface area (TPSA) is 18.5 Å². The highest BCUT2D eigenvalue weighted by Gasteiger charge is 2.26. The molecular formula is C18H32O2Si. The van der Waals surface area contributed by atoms with Gasteiger partial charge in [-0.3, -0.25) is 0 Å². The van der Waals surface area contributed by atoms with Gasteiger partial charge in [-0.2, -0.15) is 0 Å². The maximum Gasteiger partial charge on any atom is 0.178 e. The van der Waals surface area contributed by atoms with E-state index in [1.807, 2.05) is 30.3 Å². The zero-order valence-electron chi connectivity index (χ0n) is 14.6. The van der Waals surface area contributed by atoms with Crippen LogP contribution in [0.3, 0.4) is 0 Å². The fourth-order valence-electron chi connectivity index (χ4n) is 2.45. The first-order chi connectivity index (χ1) is 9.66. The van der Waals surface area contributed by atoms with Crippen molar-refractivity contribution in [1.82, 2.24) is 0 Å². The van der Waals surface area contributed by atoms with E-state index in [9.17, 15) is 0 Å². The number of ether oxygens (including phenoxy) is 1. The summed E-state index contributed by atoms with van der Waals surface area (Å²) in [4.78, 5) is 0. The predicted octanol–water partition coefficient (Wildman–Crippen LogP) is 4.90. The maximum absolute atomic E-state index is 6.23. The van der Waals surface area contributed by atoms with Gasteiger partial charge >= 0.3 is 0 Å². The first kappa shape index (κ1) is 18.2. The van der Waals surface area contributed by atoms with Crippen molar-refractivity contribution >= 4 is 9.04 Å². The summed E-state index contributed by atoms with van der Waals surface area (Å²) in [6.45, 7) is 15.2. The summed E-state index contributed by atoms with van der Waals surface area (Å²) in [6, 6.07) is 12.4. The second-order valence-corrected chi connectivity index (χ2v) is 10.6. The Labute approximate surface area is 132 Å². The fraction of sp³-hybridized carbons (Fsp3) is 0.667. The van der Waals surface area contributed by atoms with Crippen LogP contribution in [0.25, 0.3) is 0 Å². The Kier molecular flexibility index (Phi) is 6.95. The second kappa shape index (κ2) is 8.00. The van der Waals surface area contributed by atoms with Crippen molar-refractivity contribution in [2.24, 2.45) is 10.8 Å². The van der Waals surface area contributed by atoms with Gasteiger partial charge in [0, 0.05) is 0 Å². The minimum Gasteiger partial charge on any atom is -0.491 e. The lowest BCUT2D eigenvalue weighted by atomic mass is 10.00. The summed E-state index contributed by atoms with van der Waals surface area (Å²) in [7, 11) is -1.19. The third-order valence-corrected chi connectivity index (χ3v) is 7.20. The highest BCUT2D eigenvalue weighted by molar-refractivity contribution is 6.52. The molecule has 1 aromatic carbocycles. The molecule has 0 aliphatic heterocycles. The standard InChI is InChI=1S/C18H32O2Si/c1-17(2,3)14-21(15-18(4,5)6)20-13-12-19-16-10-8-7-9-11-16/h7-11,21H,12-15H2,1-6H3. The molecule has 0 saturated heterocycles. The molecule has 1 aromatic rings. The van der Waals surface area contributed by atoms with Crippen LogP contribution in [0, 0.1) is 10.8 Å². The average molecular weight is 309 g/mol. The molecule has 0 aromatic heterocycles. The Morgan fingerprint density at radius 3 is 1.81 bits per heavy atom. The van der Waals surface area contributed by atoms with E-state index in [0.29, 0.717) is 24.0 Å². The van der Waals surface area contributed by atoms with Crippen LogP contribution in [0.1, 0.15) is 41.5 Å². The molecule has 21 heavy (non-hydrogen) atoms. The Balaban J connectivity index is 2.38. The molecule has 0 bridgehead atoms. The molecule has 1 rings (SSSR count). The molecule has 0 amide bonds. The van der Waals surface area contributed by atoms with E-state index in [-0.39, 0.29) is 0 Å². The van der Waals surface area contributed by atoms with Gasteiger partial charge in [0.25, 0.3) is 0 Å². The molecule has 0 aliphatic carbocycles. The molecule has 0 heterocycles. The molecule has 0 saturated carbocycles. The summed E-state index contributed by atoms with van der Waals surface area (Å²) in [5.41, 5.74) is 0.699. The van der Waals surface area contributed by atoms with Gasteiger partial charge in [-0.05, 0) is 35.1 Å². The van der Waals surface area contributed by atoms with Crippen LogP contribution < -0.4 is 4.74 Å². The van der Waals surface area contributed by atoms with E-state index in [2.05, 4.69) is 41.5 Å². The highest BCUT2D eigenvalue weighted by atomic mass is 28.3. The zero-order valence-corrected chi connectivity index (χ0v) is 15.8. The fourth-order valence-corrected chi connectivity index (χ4v) is 5.99. The van der Waals surface area contributed by atoms with Crippen molar-refractivity contribution in [2.75, 3.05) is 13.2 Å². The Hall–Kier alpha value is -0.803. The quantitative estimate of drug-likeness (QED) is 0.527. The number of benzene rings is 1. The van der Waals surface area contributed by atoms with Gasteiger partial charge in [0.05, 0.1) is 6.61 Å². The highest BCUT2D eigenvalue weighted by Crippen LogP contribution is 2.30. The van der Waals surface area contributed by atoms with Gasteiger partial charge in [0.1, 0.15) is 12.4 Å². The van der Waals surface area contributed by atoms with E-state index in [1.54, 1.807) is 0 Å². The monoisotopic (exact) mass is 308 g/mol. The summed E-state index contributed by atoms with van der Waals surface area (Å²) in [5.74, 6) is 0.922. The minimum atomic E-state index is -1.19. The molecule has 0 fully saturated rings. The number of hydrogen-bond donors (Lipinski definition) is 0.